The van der Waals surface area contributed by atoms with Crippen LogP contribution in [0.4, 0.5) is 4.79 Å². The van der Waals surface area contributed by atoms with Crippen LogP contribution in [0.3, 0.4) is 0 Å². The van der Waals surface area contributed by atoms with Gasteiger partial charge in [0.2, 0.25) is 0 Å². The molecule has 0 saturated carbocycles. The highest BCUT2D eigenvalue weighted by Gasteiger charge is 2.34. The van der Waals surface area contributed by atoms with Crippen LogP contribution < -0.4 is 14.2 Å². The van der Waals surface area contributed by atoms with Gasteiger partial charge in [0.25, 0.3) is 11.1 Å². The van der Waals surface area contributed by atoms with E-state index in [0.717, 1.165) is 22.9 Å². The largest absolute Gasteiger partial charge is 0.492 e. The first-order chi connectivity index (χ1) is 17.0. The van der Waals surface area contributed by atoms with Gasteiger partial charge in [-0.15, -0.1) is 0 Å². The summed E-state index contributed by atoms with van der Waals surface area (Å²) in [6, 6.07) is 22.1. The zero-order valence-electron chi connectivity index (χ0n) is 19.1. The summed E-state index contributed by atoms with van der Waals surface area (Å²) in [6.07, 6.45) is 1.68. The summed E-state index contributed by atoms with van der Waals surface area (Å²) in [5.74, 6) is 1.46. The lowest BCUT2D eigenvalue weighted by Crippen LogP contribution is -2.32. The highest BCUT2D eigenvalue weighted by Crippen LogP contribution is 2.35. The maximum atomic E-state index is 12.8. The van der Waals surface area contributed by atoms with Crippen LogP contribution in [0.15, 0.2) is 77.7 Å². The molecule has 1 saturated heterocycles. The molecule has 0 spiro atoms. The number of carbonyl (C=O) groups is 2. The van der Waals surface area contributed by atoms with E-state index in [1.165, 1.54) is 4.90 Å². The smallest absolute Gasteiger partial charge is 0.293 e. The van der Waals surface area contributed by atoms with Crippen LogP contribution in [0.25, 0.3) is 6.08 Å². The Labute approximate surface area is 213 Å². The lowest BCUT2D eigenvalue weighted by molar-refractivity contribution is -0.123. The molecular formula is C27H24ClNO5S. The molecular weight excluding hydrogens is 486 g/mol. The number of nitrogens with zero attached hydrogens (tertiary/aromatic N) is 1. The van der Waals surface area contributed by atoms with E-state index in [4.69, 9.17) is 25.8 Å². The first-order valence-corrected chi connectivity index (χ1v) is 12.3. The third-order valence-corrected chi connectivity index (χ3v) is 6.38. The van der Waals surface area contributed by atoms with Crippen LogP contribution in [0, 0.1) is 0 Å². The van der Waals surface area contributed by atoms with Gasteiger partial charge >= 0.3 is 0 Å². The molecule has 2 amide bonds. The van der Waals surface area contributed by atoms with E-state index in [1.54, 1.807) is 18.2 Å². The third-order valence-electron chi connectivity index (χ3n) is 5.11. The number of para-hydroxylation sites is 1. The highest BCUT2D eigenvalue weighted by atomic mass is 35.5. The molecule has 0 unspecified atom stereocenters. The number of rotatable bonds is 10. The van der Waals surface area contributed by atoms with Gasteiger partial charge in [0.1, 0.15) is 19.0 Å². The Balaban J connectivity index is 1.43. The van der Waals surface area contributed by atoms with Gasteiger partial charge in [-0.2, -0.15) is 0 Å². The number of hydrogen-bond donors (Lipinski definition) is 0. The summed E-state index contributed by atoms with van der Waals surface area (Å²) in [5, 5.41) is 0.314. The molecule has 0 bridgehead atoms. The minimum Gasteiger partial charge on any atom is -0.492 e. The van der Waals surface area contributed by atoms with Gasteiger partial charge in [-0.05, 0) is 60.7 Å². The predicted molar refractivity (Wildman–Crippen MR) is 138 cm³/mol. The van der Waals surface area contributed by atoms with E-state index in [-0.39, 0.29) is 24.3 Å². The van der Waals surface area contributed by atoms with Crippen LogP contribution in [-0.2, 0) is 11.4 Å². The van der Waals surface area contributed by atoms with E-state index in [9.17, 15) is 9.59 Å². The van der Waals surface area contributed by atoms with Gasteiger partial charge in [-0.1, -0.05) is 54.1 Å². The van der Waals surface area contributed by atoms with E-state index in [1.807, 2.05) is 67.6 Å². The van der Waals surface area contributed by atoms with Crippen LogP contribution in [0.2, 0.25) is 5.02 Å². The van der Waals surface area contributed by atoms with Crippen molar-refractivity contribution >= 4 is 40.6 Å². The zero-order valence-corrected chi connectivity index (χ0v) is 20.7. The summed E-state index contributed by atoms with van der Waals surface area (Å²) in [6.45, 7) is 3.03. The Morgan fingerprint density at radius 1 is 0.914 bits per heavy atom. The summed E-state index contributed by atoms with van der Waals surface area (Å²) < 4.78 is 17.3. The molecule has 1 fully saturated rings. The standard InChI is InChI=1S/C27H24ClNO5S/c1-2-32-24-16-19(12-13-23(24)34-18-20-8-6-7-11-22(20)28)17-25-26(30)29(27(31)35-25)14-15-33-21-9-4-3-5-10-21/h3-13,16-17H,2,14-15,18H2,1H3/b25-17-. The number of imide groups is 1. The van der Waals surface area contributed by atoms with Gasteiger partial charge in [-0.3, -0.25) is 14.5 Å². The molecule has 0 radical (unpaired) electrons. The summed E-state index contributed by atoms with van der Waals surface area (Å²) in [5.41, 5.74) is 1.59. The Kier molecular flexibility index (Phi) is 8.34. The molecule has 1 aliphatic heterocycles. The molecule has 8 heteroatoms. The monoisotopic (exact) mass is 509 g/mol. The number of carbonyl (C=O) groups excluding carboxylic acids is 2. The average molecular weight is 510 g/mol. The fourth-order valence-electron chi connectivity index (χ4n) is 3.39. The van der Waals surface area contributed by atoms with Crippen molar-refractivity contribution in [3.05, 3.63) is 93.9 Å². The third kappa shape index (κ3) is 6.38. The number of halogens is 1. The van der Waals surface area contributed by atoms with Crippen molar-refractivity contribution in [2.24, 2.45) is 0 Å². The van der Waals surface area contributed by atoms with Crippen LogP contribution in [-0.4, -0.2) is 35.8 Å². The van der Waals surface area contributed by atoms with E-state index in [0.29, 0.717) is 40.4 Å². The lowest BCUT2D eigenvalue weighted by atomic mass is 10.1. The molecule has 0 atom stereocenters. The van der Waals surface area contributed by atoms with Gasteiger partial charge in [0, 0.05) is 10.6 Å². The Bertz CT molecular complexity index is 1230. The molecule has 35 heavy (non-hydrogen) atoms. The Morgan fingerprint density at radius 3 is 2.46 bits per heavy atom. The molecule has 3 aromatic carbocycles. The van der Waals surface area contributed by atoms with Crippen molar-refractivity contribution in [3.8, 4) is 17.2 Å². The number of hydrogen-bond acceptors (Lipinski definition) is 6. The molecule has 0 N–H and O–H groups in total. The van der Waals surface area contributed by atoms with Crippen molar-refractivity contribution in [2.45, 2.75) is 13.5 Å². The lowest BCUT2D eigenvalue weighted by Gasteiger charge is -2.14. The first-order valence-electron chi connectivity index (χ1n) is 11.1. The van der Waals surface area contributed by atoms with Gasteiger partial charge < -0.3 is 14.2 Å². The number of thioether (sulfide) groups is 1. The number of amides is 2. The molecule has 4 rings (SSSR count). The van der Waals surface area contributed by atoms with Crippen LogP contribution in [0.1, 0.15) is 18.1 Å². The molecule has 6 nitrogen and oxygen atoms in total. The average Bonchev–Trinajstić information content (AvgIpc) is 3.12. The van der Waals surface area contributed by atoms with Crippen molar-refractivity contribution < 1.29 is 23.8 Å². The quantitative estimate of drug-likeness (QED) is 0.293. The molecule has 0 aromatic heterocycles. The van der Waals surface area contributed by atoms with Crippen LogP contribution >= 0.6 is 23.4 Å². The van der Waals surface area contributed by atoms with E-state index in [2.05, 4.69) is 0 Å². The SMILES string of the molecule is CCOc1cc(/C=C2\SC(=O)N(CCOc3ccccc3)C2=O)ccc1OCc1ccccc1Cl. The second-order valence-electron chi connectivity index (χ2n) is 7.51. The summed E-state index contributed by atoms with van der Waals surface area (Å²) in [7, 11) is 0. The van der Waals surface area contributed by atoms with Gasteiger partial charge in [-0.25, -0.2) is 0 Å². The zero-order chi connectivity index (χ0) is 24.6. The number of benzene rings is 3. The van der Waals surface area contributed by atoms with E-state index >= 15 is 0 Å². The highest BCUT2D eigenvalue weighted by molar-refractivity contribution is 8.18. The normalized spacial score (nSPS) is 14.5. The summed E-state index contributed by atoms with van der Waals surface area (Å²) in [4.78, 5) is 26.8. The Morgan fingerprint density at radius 2 is 1.69 bits per heavy atom. The first kappa shape index (κ1) is 24.7. The molecule has 0 aliphatic carbocycles. The maximum absolute atomic E-state index is 12.8. The molecule has 3 aromatic rings. The second kappa shape index (κ2) is 11.8. The van der Waals surface area contributed by atoms with Crippen molar-refractivity contribution in [1.29, 1.82) is 0 Å². The van der Waals surface area contributed by atoms with Crippen molar-refractivity contribution in [2.75, 3.05) is 19.8 Å². The topological polar surface area (TPSA) is 65.1 Å². The predicted octanol–water partition coefficient (Wildman–Crippen LogP) is 6.43. The Hall–Kier alpha value is -3.42. The summed E-state index contributed by atoms with van der Waals surface area (Å²) >= 11 is 7.13. The van der Waals surface area contributed by atoms with E-state index < -0.39 is 0 Å². The van der Waals surface area contributed by atoms with Gasteiger partial charge in [0.05, 0.1) is 18.1 Å². The minimum absolute atomic E-state index is 0.177. The van der Waals surface area contributed by atoms with Gasteiger partial charge in [0.15, 0.2) is 11.5 Å². The molecule has 1 heterocycles. The fraction of sp³-hybridized carbons (Fsp3) is 0.185. The second-order valence-corrected chi connectivity index (χ2v) is 8.91. The van der Waals surface area contributed by atoms with Crippen LogP contribution in [0.5, 0.6) is 17.2 Å². The van der Waals surface area contributed by atoms with Crippen molar-refractivity contribution in [1.82, 2.24) is 4.90 Å². The molecule has 180 valence electrons. The fourth-order valence-corrected chi connectivity index (χ4v) is 4.44. The van der Waals surface area contributed by atoms with Crippen molar-refractivity contribution in [3.63, 3.8) is 0 Å². The minimum atomic E-state index is -0.339. The molecule has 1 aliphatic rings. The number of ether oxygens (including phenoxy) is 3. The maximum Gasteiger partial charge on any atom is 0.293 e.